The van der Waals surface area contributed by atoms with Gasteiger partial charge in [-0.05, 0) is 55.2 Å². The van der Waals surface area contributed by atoms with Crippen molar-refractivity contribution in [3.8, 4) is 0 Å². The van der Waals surface area contributed by atoms with Crippen molar-refractivity contribution in [2.45, 2.75) is 57.5 Å². The molecule has 2 aromatic rings. The third kappa shape index (κ3) is 8.14. The Kier molecular flexibility index (Phi) is 10.3. The van der Waals surface area contributed by atoms with Gasteiger partial charge in [0.25, 0.3) is 0 Å². The normalized spacial score (nSPS) is 12.2. The van der Waals surface area contributed by atoms with E-state index in [9.17, 15) is 18.0 Å². The van der Waals surface area contributed by atoms with Crippen LogP contribution in [-0.4, -0.2) is 44.3 Å². The highest BCUT2D eigenvalue weighted by Crippen LogP contribution is 2.16. The Morgan fingerprint density at radius 2 is 1.61 bits per heavy atom. The molecule has 0 aliphatic heterocycles. The number of halogens is 1. The summed E-state index contributed by atoms with van der Waals surface area (Å²) >= 11 is 5.97. The van der Waals surface area contributed by atoms with Crippen LogP contribution in [-0.2, 0) is 32.6 Å². The molecule has 0 aliphatic rings. The van der Waals surface area contributed by atoms with E-state index >= 15 is 0 Å². The zero-order chi connectivity index (χ0) is 24.4. The molecular formula is C24H32ClN3O4S. The predicted octanol–water partition coefficient (Wildman–Crippen LogP) is 3.51. The van der Waals surface area contributed by atoms with Gasteiger partial charge in [0, 0.05) is 31.1 Å². The van der Waals surface area contributed by atoms with Gasteiger partial charge in [0.2, 0.25) is 21.8 Å². The van der Waals surface area contributed by atoms with Crippen LogP contribution in [0.25, 0.3) is 0 Å². The summed E-state index contributed by atoms with van der Waals surface area (Å²) in [5.74, 6) is -0.356. The van der Waals surface area contributed by atoms with Crippen LogP contribution in [0.15, 0.2) is 53.4 Å². The highest BCUT2D eigenvalue weighted by atomic mass is 35.5. The Bertz CT molecular complexity index is 1020. The van der Waals surface area contributed by atoms with Crippen LogP contribution in [0, 0.1) is 0 Å². The number of aryl methyl sites for hydroxylation is 1. The summed E-state index contributed by atoms with van der Waals surface area (Å²) in [4.78, 5) is 27.4. The smallest absolute Gasteiger partial charge is 0.242 e. The van der Waals surface area contributed by atoms with Crippen molar-refractivity contribution >= 4 is 33.4 Å². The molecule has 0 saturated heterocycles. The van der Waals surface area contributed by atoms with Gasteiger partial charge in [0.1, 0.15) is 6.04 Å². The van der Waals surface area contributed by atoms with E-state index in [1.165, 1.54) is 12.1 Å². The molecule has 2 N–H and O–H groups in total. The average molecular weight is 494 g/mol. The maximum Gasteiger partial charge on any atom is 0.242 e. The minimum Gasteiger partial charge on any atom is -0.354 e. The molecule has 180 valence electrons. The molecule has 0 aromatic heterocycles. The van der Waals surface area contributed by atoms with E-state index in [4.69, 9.17) is 11.6 Å². The zero-order valence-corrected chi connectivity index (χ0v) is 20.9. The van der Waals surface area contributed by atoms with Crippen LogP contribution in [0.4, 0.5) is 0 Å². The Balaban J connectivity index is 2.11. The van der Waals surface area contributed by atoms with Gasteiger partial charge in [-0.15, -0.1) is 0 Å². The Hall–Kier alpha value is -2.42. The van der Waals surface area contributed by atoms with Crippen molar-refractivity contribution in [2.75, 3.05) is 13.1 Å². The first-order valence-corrected chi connectivity index (χ1v) is 12.9. The number of rotatable bonds is 12. The van der Waals surface area contributed by atoms with Gasteiger partial charge in [0.15, 0.2) is 0 Å². The third-order valence-corrected chi connectivity index (χ3v) is 6.99. The van der Waals surface area contributed by atoms with Crippen LogP contribution < -0.4 is 10.0 Å². The summed E-state index contributed by atoms with van der Waals surface area (Å²) in [6.45, 7) is 6.56. The highest BCUT2D eigenvalue weighted by molar-refractivity contribution is 7.89. The number of amides is 2. The largest absolute Gasteiger partial charge is 0.354 e. The summed E-state index contributed by atoms with van der Waals surface area (Å²) in [5.41, 5.74) is 1.72. The first-order valence-electron chi connectivity index (χ1n) is 11.1. The van der Waals surface area contributed by atoms with E-state index in [0.717, 1.165) is 17.5 Å². The van der Waals surface area contributed by atoms with Crippen LogP contribution in [0.1, 0.15) is 44.7 Å². The summed E-state index contributed by atoms with van der Waals surface area (Å²) < 4.78 is 26.6. The minimum atomic E-state index is -3.52. The Morgan fingerprint density at radius 1 is 1.00 bits per heavy atom. The summed E-state index contributed by atoms with van der Waals surface area (Å²) in [6.07, 6.45) is 1.43. The molecule has 0 bridgehead atoms. The number of nitrogens with zero attached hydrogens (tertiary/aromatic N) is 1. The monoisotopic (exact) mass is 493 g/mol. The molecule has 1 atom stereocenters. The van der Waals surface area contributed by atoms with Gasteiger partial charge >= 0.3 is 0 Å². The molecule has 0 heterocycles. The molecule has 0 unspecified atom stereocenters. The molecule has 33 heavy (non-hydrogen) atoms. The lowest BCUT2D eigenvalue weighted by molar-refractivity contribution is -0.140. The fraction of sp³-hybridized carbons (Fsp3) is 0.417. The quantitative estimate of drug-likeness (QED) is 0.473. The molecule has 2 amide bonds. The van der Waals surface area contributed by atoms with Crippen molar-refractivity contribution in [2.24, 2.45) is 0 Å². The van der Waals surface area contributed by atoms with Crippen molar-refractivity contribution in [3.05, 3.63) is 64.7 Å². The molecule has 7 nitrogen and oxygen atoms in total. The lowest BCUT2D eigenvalue weighted by Gasteiger charge is -2.29. The van der Waals surface area contributed by atoms with E-state index in [1.807, 2.05) is 19.1 Å². The van der Waals surface area contributed by atoms with E-state index in [1.54, 1.807) is 43.0 Å². The number of hydrogen-bond acceptors (Lipinski definition) is 4. The van der Waals surface area contributed by atoms with Crippen molar-refractivity contribution in [1.82, 2.24) is 14.9 Å². The fourth-order valence-electron chi connectivity index (χ4n) is 3.27. The molecule has 0 spiro atoms. The van der Waals surface area contributed by atoms with Gasteiger partial charge in [0.05, 0.1) is 4.90 Å². The van der Waals surface area contributed by atoms with Gasteiger partial charge in [-0.25, -0.2) is 13.1 Å². The third-order valence-electron chi connectivity index (χ3n) is 5.18. The van der Waals surface area contributed by atoms with Crippen molar-refractivity contribution < 1.29 is 18.0 Å². The van der Waals surface area contributed by atoms with E-state index in [-0.39, 0.29) is 29.7 Å². The second kappa shape index (κ2) is 12.7. The Labute approximate surface area is 201 Å². The minimum absolute atomic E-state index is 0.159. The molecule has 0 radical (unpaired) electrons. The van der Waals surface area contributed by atoms with Crippen LogP contribution >= 0.6 is 11.6 Å². The van der Waals surface area contributed by atoms with Gasteiger partial charge in [-0.2, -0.15) is 0 Å². The number of hydrogen-bond donors (Lipinski definition) is 2. The number of carbonyl (C=O) groups excluding carboxylic acids is 2. The molecule has 9 heteroatoms. The second-order valence-corrected chi connectivity index (χ2v) is 9.96. The molecule has 0 saturated carbocycles. The first-order chi connectivity index (χ1) is 15.7. The van der Waals surface area contributed by atoms with Gasteiger partial charge in [-0.3, -0.25) is 9.59 Å². The lowest BCUT2D eigenvalue weighted by atomic mass is 10.1. The summed E-state index contributed by atoms with van der Waals surface area (Å²) in [7, 11) is -3.52. The number of carbonyl (C=O) groups is 2. The predicted molar refractivity (Wildman–Crippen MR) is 130 cm³/mol. The lowest BCUT2D eigenvalue weighted by Crippen LogP contribution is -2.47. The number of benzene rings is 2. The van der Waals surface area contributed by atoms with E-state index in [0.29, 0.717) is 24.5 Å². The van der Waals surface area contributed by atoms with Gasteiger partial charge in [-0.1, -0.05) is 49.7 Å². The van der Waals surface area contributed by atoms with Crippen LogP contribution in [0.3, 0.4) is 0 Å². The fourth-order valence-corrected chi connectivity index (χ4v) is 4.44. The zero-order valence-electron chi connectivity index (χ0n) is 19.3. The summed E-state index contributed by atoms with van der Waals surface area (Å²) in [6, 6.07) is 13.0. The topological polar surface area (TPSA) is 95.6 Å². The molecular weight excluding hydrogens is 462 g/mol. The van der Waals surface area contributed by atoms with E-state index < -0.39 is 16.1 Å². The second-order valence-electron chi connectivity index (χ2n) is 7.76. The maximum atomic E-state index is 13.1. The Morgan fingerprint density at radius 3 is 2.18 bits per heavy atom. The van der Waals surface area contributed by atoms with E-state index in [2.05, 4.69) is 10.0 Å². The highest BCUT2D eigenvalue weighted by Gasteiger charge is 2.25. The first kappa shape index (κ1) is 26.8. The SMILES string of the molecule is CCCNC(=O)[C@H](C)N(Cc1ccc(Cl)cc1)C(=O)CCc1ccc(S(=O)(=O)NCC)cc1. The van der Waals surface area contributed by atoms with Gasteiger partial charge < -0.3 is 10.2 Å². The molecule has 0 fully saturated rings. The number of sulfonamides is 1. The summed E-state index contributed by atoms with van der Waals surface area (Å²) in [5, 5.41) is 3.45. The average Bonchev–Trinajstić information content (AvgIpc) is 2.80. The van der Waals surface area contributed by atoms with Crippen LogP contribution in [0.5, 0.6) is 0 Å². The van der Waals surface area contributed by atoms with Crippen molar-refractivity contribution in [3.63, 3.8) is 0 Å². The van der Waals surface area contributed by atoms with Crippen LogP contribution in [0.2, 0.25) is 5.02 Å². The molecule has 2 rings (SSSR count). The molecule has 0 aliphatic carbocycles. The standard InChI is InChI=1S/C24H32ClN3O4S/c1-4-16-26-24(30)18(3)28(17-20-6-11-21(25)12-7-20)23(29)15-10-19-8-13-22(14-9-19)33(31,32)27-5-2/h6-9,11-14,18,27H,4-5,10,15-17H2,1-3H3,(H,26,30)/t18-/m0/s1. The molecule has 2 aromatic carbocycles. The maximum absolute atomic E-state index is 13.1. The van der Waals surface area contributed by atoms with Crippen molar-refractivity contribution in [1.29, 1.82) is 0 Å². The number of nitrogens with one attached hydrogen (secondary N) is 2.